The first-order chi connectivity index (χ1) is 13.7. The van der Waals surface area contributed by atoms with Gasteiger partial charge in [0.1, 0.15) is 5.82 Å². The third-order valence-corrected chi connectivity index (χ3v) is 4.75. The lowest BCUT2D eigenvalue weighted by Gasteiger charge is -2.14. The van der Waals surface area contributed by atoms with Gasteiger partial charge in [-0.25, -0.2) is 17.8 Å². The standard InChI is InChI=1S/C19H23FN4O4S/c1-3-21-19(22-11-14-5-4-6-18(9-14)24(25)26)23-12-16-10-17(20)8-7-15(16)13-29(2,27)28/h4-10H,3,11-13H2,1-2H3,(H2,21,22,23). The average molecular weight is 422 g/mol. The van der Waals surface area contributed by atoms with Crippen LogP contribution in [0.1, 0.15) is 23.6 Å². The van der Waals surface area contributed by atoms with Gasteiger partial charge >= 0.3 is 0 Å². The minimum atomic E-state index is -3.27. The Morgan fingerprint density at radius 1 is 1.17 bits per heavy atom. The Bertz CT molecular complexity index is 1010. The van der Waals surface area contributed by atoms with Crippen LogP contribution in [0.3, 0.4) is 0 Å². The molecule has 8 nitrogen and oxygen atoms in total. The summed E-state index contributed by atoms with van der Waals surface area (Å²) in [6.45, 7) is 2.82. The highest BCUT2D eigenvalue weighted by molar-refractivity contribution is 7.89. The lowest BCUT2D eigenvalue weighted by molar-refractivity contribution is -0.384. The van der Waals surface area contributed by atoms with Crippen molar-refractivity contribution in [3.8, 4) is 0 Å². The van der Waals surface area contributed by atoms with Gasteiger partial charge in [-0.05, 0) is 35.7 Å². The van der Waals surface area contributed by atoms with Gasteiger partial charge in [-0.2, -0.15) is 0 Å². The van der Waals surface area contributed by atoms with E-state index in [1.54, 1.807) is 12.1 Å². The molecule has 0 atom stereocenters. The Balaban J connectivity index is 2.15. The summed E-state index contributed by atoms with van der Waals surface area (Å²) in [7, 11) is -3.27. The average Bonchev–Trinajstić information content (AvgIpc) is 2.65. The molecular weight excluding hydrogens is 399 g/mol. The van der Waals surface area contributed by atoms with E-state index in [4.69, 9.17) is 0 Å². The van der Waals surface area contributed by atoms with Crippen molar-refractivity contribution in [2.24, 2.45) is 4.99 Å². The van der Waals surface area contributed by atoms with Crippen LogP contribution in [-0.2, 0) is 28.7 Å². The normalized spacial score (nSPS) is 11.9. The second kappa shape index (κ2) is 9.97. The van der Waals surface area contributed by atoms with Crippen molar-refractivity contribution in [2.45, 2.75) is 25.8 Å². The molecule has 0 aliphatic carbocycles. The second-order valence-electron chi connectivity index (χ2n) is 6.46. The van der Waals surface area contributed by atoms with Gasteiger partial charge in [0.05, 0.1) is 17.2 Å². The number of benzene rings is 2. The van der Waals surface area contributed by atoms with Crippen LogP contribution < -0.4 is 10.6 Å². The fourth-order valence-electron chi connectivity index (χ4n) is 2.64. The summed E-state index contributed by atoms with van der Waals surface area (Å²) in [6.07, 6.45) is 1.12. The van der Waals surface area contributed by atoms with Gasteiger partial charge in [0.25, 0.3) is 5.69 Å². The SMILES string of the molecule is CCNC(=NCc1cccc([N+](=O)[O-])c1)NCc1cc(F)ccc1CS(C)(=O)=O. The lowest BCUT2D eigenvalue weighted by Crippen LogP contribution is -2.37. The number of nitro benzene ring substituents is 1. The van der Waals surface area contributed by atoms with Crippen molar-refractivity contribution in [2.75, 3.05) is 12.8 Å². The van der Waals surface area contributed by atoms with E-state index >= 15 is 0 Å². The minimum Gasteiger partial charge on any atom is -0.357 e. The van der Waals surface area contributed by atoms with Crippen molar-refractivity contribution in [1.82, 2.24) is 10.6 Å². The molecule has 0 saturated heterocycles. The molecule has 0 heterocycles. The molecule has 0 spiro atoms. The maximum Gasteiger partial charge on any atom is 0.269 e. The number of hydrogen-bond donors (Lipinski definition) is 2. The maximum absolute atomic E-state index is 13.6. The Kier molecular flexibility index (Phi) is 7.66. The smallest absolute Gasteiger partial charge is 0.269 e. The predicted molar refractivity (Wildman–Crippen MR) is 110 cm³/mol. The highest BCUT2D eigenvalue weighted by Gasteiger charge is 2.11. The van der Waals surface area contributed by atoms with Crippen LogP contribution in [0, 0.1) is 15.9 Å². The highest BCUT2D eigenvalue weighted by atomic mass is 32.2. The first-order valence-corrected chi connectivity index (χ1v) is 10.9. The summed E-state index contributed by atoms with van der Waals surface area (Å²) >= 11 is 0. The van der Waals surface area contributed by atoms with Crippen LogP contribution in [0.15, 0.2) is 47.5 Å². The fourth-order valence-corrected chi connectivity index (χ4v) is 3.49. The summed E-state index contributed by atoms with van der Waals surface area (Å²) in [5.41, 5.74) is 1.67. The van der Waals surface area contributed by atoms with Gasteiger partial charge in [0.15, 0.2) is 15.8 Å². The van der Waals surface area contributed by atoms with Gasteiger partial charge in [0, 0.05) is 31.5 Å². The highest BCUT2D eigenvalue weighted by Crippen LogP contribution is 2.15. The Hall–Kier alpha value is -3.01. The number of nitro groups is 1. The van der Waals surface area contributed by atoms with Gasteiger partial charge in [-0.15, -0.1) is 0 Å². The summed E-state index contributed by atoms with van der Waals surface area (Å²) in [5, 5.41) is 17.0. The van der Waals surface area contributed by atoms with Crippen molar-refractivity contribution in [3.05, 3.63) is 75.1 Å². The minimum absolute atomic E-state index is 0.0131. The first kappa shape index (κ1) is 22.3. The van der Waals surface area contributed by atoms with Crippen molar-refractivity contribution >= 4 is 21.5 Å². The number of aliphatic imine (C=N–C) groups is 1. The van der Waals surface area contributed by atoms with Crippen LogP contribution in [0.4, 0.5) is 10.1 Å². The maximum atomic E-state index is 13.6. The zero-order valence-corrected chi connectivity index (χ0v) is 17.0. The van der Waals surface area contributed by atoms with E-state index in [0.29, 0.717) is 29.2 Å². The molecule has 0 aromatic heterocycles. The van der Waals surface area contributed by atoms with Crippen molar-refractivity contribution < 1.29 is 17.7 Å². The molecule has 0 amide bonds. The number of halogens is 1. The summed E-state index contributed by atoms with van der Waals surface area (Å²) in [4.78, 5) is 14.8. The van der Waals surface area contributed by atoms with E-state index in [1.807, 2.05) is 6.92 Å². The number of sulfone groups is 1. The molecule has 2 rings (SSSR count). The molecule has 2 N–H and O–H groups in total. The zero-order valence-electron chi connectivity index (χ0n) is 16.2. The molecule has 156 valence electrons. The quantitative estimate of drug-likeness (QED) is 0.292. The van der Waals surface area contributed by atoms with Crippen LogP contribution in [0.25, 0.3) is 0 Å². The number of rotatable bonds is 8. The van der Waals surface area contributed by atoms with Crippen LogP contribution >= 0.6 is 0 Å². The molecule has 0 fully saturated rings. The van der Waals surface area contributed by atoms with Gasteiger partial charge in [-0.3, -0.25) is 10.1 Å². The Morgan fingerprint density at radius 2 is 1.93 bits per heavy atom. The lowest BCUT2D eigenvalue weighted by atomic mass is 10.1. The van der Waals surface area contributed by atoms with E-state index in [2.05, 4.69) is 15.6 Å². The largest absolute Gasteiger partial charge is 0.357 e. The third-order valence-electron chi connectivity index (χ3n) is 3.92. The van der Waals surface area contributed by atoms with E-state index < -0.39 is 20.6 Å². The molecule has 2 aromatic carbocycles. The number of hydrogen-bond acceptors (Lipinski definition) is 5. The summed E-state index contributed by atoms with van der Waals surface area (Å²) in [6, 6.07) is 10.2. The number of nitrogens with one attached hydrogen (secondary N) is 2. The van der Waals surface area contributed by atoms with Crippen LogP contribution in [0.2, 0.25) is 0 Å². The van der Waals surface area contributed by atoms with Gasteiger partial charge in [0.2, 0.25) is 0 Å². The topological polar surface area (TPSA) is 114 Å². The first-order valence-electron chi connectivity index (χ1n) is 8.88. The van der Waals surface area contributed by atoms with E-state index in [9.17, 15) is 22.9 Å². The fraction of sp³-hybridized carbons (Fsp3) is 0.316. The molecule has 0 aliphatic heterocycles. The van der Waals surface area contributed by atoms with E-state index in [0.717, 1.165) is 6.26 Å². The predicted octanol–water partition coefficient (Wildman–Crippen LogP) is 2.53. The molecule has 0 radical (unpaired) electrons. The molecule has 0 saturated carbocycles. The molecule has 0 aliphatic rings. The summed E-state index contributed by atoms with van der Waals surface area (Å²) in [5.74, 6) is -0.225. The van der Waals surface area contributed by atoms with Crippen LogP contribution in [0.5, 0.6) is 0 Å². The zero-order chi connectivity index (χ0) is 21.4. The molecular formula is C19H23FN4O4S. The van der Waals surface area contributed by atoms with Gasteiger partial charge in [-0.1, -0.05) is 18.2 Å². The monoisotopic (exact) mass is 422 g/mol. The number of non-ortho nitro benzene ring substituents is 1. The van der Waals surface area contributed by atoms with Crippen molar-refractivity contribution in [3.63, 3.8) is 0 Å². The molecule has 2 aromatic rings. The molecule has 0 bridgehead atoms. The van der Waals surface area contributed by atoms with Gasteiger partial charge < -0.3 is 10.6 Å². The molecule has 0 unspecified atom stereocenters. The number of nitrogens with zero attached hydrogens (tertiary/aromatic N) is 2. The van der Waals surface area contributed by atoms with Crippen LogP contribution in [-0.4, -0.2) is 32.1 Å². The molecule has 29 heavy (non-hydrogen) atoms. The summed E-state index contributed by atoms with van der Waals surface area (Å²) < 4.78 is 36.9. The van der Waals surface area contributed by atoms with E-state index in [1.165, 1.54) is 30.3 Å². The second-order valence-corrected chi connectivity index (χ2v) is 8.60. The van der Waals surface area contributed by atoms with Crippen molar-refractivity contribution in [1.29, 1.82) is 0 Å². The molecule has 10 heteroatoms. The van der Waals surface area contributed by atoms with E-state index in [-0.39, 0.29) is 24.5 Å². The Labute approximate surface area is 168 Å². The Morgan fingerprint density at radius 3 is 2.59 bits per heavy atom. The third kappa shape index (κ3) is 7.49. The number of guanidine groups is 1.